The van der Waals surface area contributed by atoms with E-state index in [9.17, 15) is 15.2 Å². The summed E-state index contributed by atoms with van der Waals surface area (Å²) < 4.78 is 3.16. The number of hydrogen-bond acceptors (Lipinski definition) is 4. The Bertz CT molecular complexity index is 1520. The standard InChI is InChI=1S/C25H20N4O2/c1-4-29-24(30)20(16(2)21(15-26)25(29)31)12-18-13-23-22(27-18)14-19(28(23)3)11-10-17-8-6-5-7-9-17/h5-9,12-14,30H,4H2,1-3H3. The van der Waals surface area contributed by atoms with Crippen molar-refractivity contribution in [1.29, 1.82) is 5.26 Å². The maximum absolute atomic E-state index is 12.4. The Kier molecular flexibility index (Phi) is 5.07. The molecule has 0 spiro atoms. The van der Waals surface area contributed by atoms with E-state index >= 15 is 0 Å². The summed E-state index contributed by atoms with van der Waals surface area (Å²) in [7, 11) is 1.93. The van der Waals surface area contributed by atoms with Crippen LogP contribution >= 0.6 is 0 Å². The molecule has 1 aliphatic rings. The predicted octanol–water partition coefficient (Wildman–Crippen LogP) is 1.95. The monoisotopic (exact) mass is 408 g/mol. The summed E-state index contributed by atoms with van der Waals surface area (Å²) in [6.45, 7) is 3.67. The lowest BCUT2D eigenvalue weighted by atomic mass is 10.0. The molecule has 2 aromatic heterocycles. The molecule has 6 heteroatoms. The van der Waals surface area contributed by atoms with Crippen molar-refractivity contribution in [2.24, 2.45) is 12.0 Å². The molecule has 0 fully saturated rings. The maximum atomic E-state index is 12.4. The number of rotatable bonds is 2. The Morgan fingerprint density at radius 1 is 1.23 bits per heavy atom. The van der Waals surface area contributed by atoms with Crippen molar-refractivity contribution in [2.75, 3.05) is 0 Å². The summed E-state index contributed by atoms with van der Waals surface area (Å²) in [6.07, 6.45) is 3.60. The second kappa shape index (κ2) is 7.85. The van der Waals surface area contributed by atoms with E-state index in [0.29, 0.717) is 16.8 Å². The molecule has 1 aromatic carbocycles. The molecule has 0 radical (unpaired) electrons. The number of nitriles is 1. The molecule has 0 saturated heterocycles. The molecule has 1 aliphatic heterocycles. The minimum Gasteiger partial charge on any atom is -0.494 e. The third kappa shape index (κ3) is 3.45. The SMILES string of the molecule is CCn1c(O)c(C=C2C=c3c(cc(C#Cc4ccccc4)n3C)=N2)c(C)c(C#N)c1=O. The molecule has 31 heavy (non-hydrogen) atoms. The molecule has 3 aromatic rings. The second-order valence-corrected chi connectivity index (χ2v) is 7.20. The highest BCUT2D eigenvalue weighted by atomic mass is 16.3. The van der Waals surface area contributed by atoms with Gasteiger partial charge in [0.25, 0.3) is 5.56 Å². The molecule has 3 heterocycles. The van der Waals surface area contributed by atoms with Gasteiger partial charge in [-0.1, -0.05) is 24.1 Å². The number of allylic oxidation sites excluding steroid dienone is 1. The first-order valence-electron chi connectivity index (χ1n) is 9.86. The van der Waals surface area contributed by atoms with Gasteiger partial charge in [0.1, 0.15) is 11.6 Å². The molecule has 0 atom stereocenters. The summed E-state index contributed by atoms with van der Waals surface area (Å²) in [5, 5.41) is 21.7. The Morgan fingerprint density at radius 2 is 1.97 bits per heavy atom. The van der Waals surface area contributed by atoms with E-state index in [1.165, 1.54) is 4.57 Å². The molecule has 152 valence electrons. The summed E-state index contributed by atoms with van der Waals surface area (Å²) in [4.78, 5) is 17.0. The lowest BCUT2D eigenvalue weighted by Crippen LogP contribution is -2.24. The van der Waals surface area contributed by atoms with Crippen molar-refractivity contribution in [1.82, 2.24) is 9.13 Å². The first-order chi connectivity index (χ1) is 14.9. The van der Waals surface area contributed by atoms with Crippen molar-refractivity contribution in [3.8, 4) is 23.8 Å². The maximum Gasteiger partial charge on any atom is 0.271 e. The fourth-order valence-electron chi connectivity index (χ4n) is 3.61. The van der Waals surface area contributed by atoms with Crippen LogP contribution in [0.3, 0.4) is 0 Å². The molecule has 0 unspecified atom stereocenters. The first-order valence-corrected chi connectivity index (χ1v) is 9.86. The zero-order valence-electron chi connectivity index (χ0n) is 17.5. The molecule has 1 N–H and O–H groups in total. The van der Waals surface area contributed by atoms with E-state index in [1.807, 2.05) is 60.2 Å². The Morgan fingerprint density at radius 3 is 2.61 bits per heavy atom. The van der Waals surface area contributed by atoms with Crippen molar-refractivity contribution >= 4 is 12.2 Å². The van der Waals surface area contributed by atoms with Crippen molar-refractivity contribution < 1.29 is 5.11 Å². The molecule has 0 aliphatic carbocycles. The lowest BCUT2D eigenvalue weighted by Gasteiger charge is -2.12. The van der Waals surface area contributed by atoms with Crippen LogP contribution in [-0.4, -0.2) is 14.2 Å². The van der Waals surface area contributed by atoms with E-state index in [-0.39, 0.29) is 18.0 Å². The zero-order valence-corrected chi connectivity index (χ0v) is 17.5. The Hall–Kier alpha value is -4.29. The Balaban J connectivity index is 1.78. The molecular weight excluding hydrogens is 388 g/mol. The highest BCUT2D eigenvalue weighted by Gasteiger charge is 2.18. The highest BCUT2D eigenvalue weighted by Crippen LogP contribution is 2.25. The van der Waals surface area contributed by atoms with E-state index in [2.05, 4.69) is 16.8 Å². The van der Waals surface area contributed by atoms with Crippen LogP contribution in [0, 0.1) is 30.1 Å². The number of aromatic nitrogens is 2. The van der Waals surface area contributed by atoms with E-state index in [0.717, 1.165) is 22.0 Å². The van der Waals surface area contributed by atoms with Gasteiger partial charge in [0.05, 0.1) is 22.1 Å². The largest absolute Gasteiger partial charge is 0.494 e. The molecule has 0 bridgehead atoms. The molecule has 4 rings (SSSR count). The van der Waals surface area contributed by atoms with E-state index < -0.39 is 5.56 Å². The van der Waals surface area contributed by atoms with Crippen molar-refractivity contribution in [3.63, 3.8) is 0 Å². The highest BCUT2D eigenvalue weighted by molar-refractivity contribution is 5.71. The fourth-order valence-corrected chi connectivity index (χ4v) is 3.61. The zero-order chi connectivity index (χ0) is 22.1. The molecular formula is C25H20N4O2. The van der Waals surface area contributed by atoms with Gasteiger partial charge in [-0.05, 0) is 55.7 Å². The molecule has 0 amide bonds. The van der Waals surface area contributed by atoms with Crippen molar-refractivity contribution in [3.05, 3.63) is 91.1 Å². The van der Waals surface area contributed by atoms with Gasteiger partial charge >= 0.3 is 0 Å². The average Bonchev–Trinajstić information content (AvgIpc) is 3.29. The van der Waals surface area contributed by atoms with Gasteiger partial charge in [-0.2, -0.15) is 5.26 Å². The van der Waals surface area contributed by atoms with Gasteiger partial charge in [0.2, 0.25) is 5.88 Å². The summed E-state index contributed by atoms with van der Waals surface area (Å²) >= 11 is 0. The number of pyridine rings is 1. The van der Waals surface area contributed by atoms with Gasteiger partial charge in [0.15, 0.2) is 0 Å². The van der Waals surface area contributed by atoms with Gasteiger partial charge in [-0.25, -0.2) is 4.99 Å². The number of hydrogen-bond donors (Lipinski definition) is 1. The van der Waals surface area contributed by atoms with Gasteiger partial charge in [-0.3, -0.25) is 9.36 Å². The quantitative estimate of drug-likeness (QED) is 0.658. The van der Waals surface area contributed by atoms with Crippen LogP contribution in [0.4, 0.5) is 0 Å². The number of nitrogens with zero attached hydrogens (tertiary/aromatic N) is 4. The number of fused-ring (bicyclic) bond motifs is 1. The van der Waals surface area contributed by atoms with Crippen molar-refractivity contribution in [2.45, 2.75) is 20.4 Å². The van der Waals surface area contributed by atoms with Crippen LogP contribution in [0.5, 0.6) is 5.88 Å². The second-order valence-electron chi connectivity index (χ2n) is 7.20. The molecule has 6 nitrogen and oxygen atoms in total. The van der Waals surface area contributed by atoms with Crippen LogP contribution in [-0.2, 0) is 13.6 Å². The third-order valence-electron chi connectivity index (χ3n) is 5.36. The predicted molar refractivity (Wildman–Crippen MR) is 119 cm³/mol. The van der Waals surface area contributed by atoms with Gasteiger partial charge in [-0.15, -0.1) is 0 Å². The number of aromatic hydroxyl groups is 1. The van der Waals surface area contributed by atoms with Crippen LogP contribution in [0.1, 0.15) is 34.9 Å². The van der Waals surface area contributed by atoms with E-state index in [4.69, 9.17) is 0 Å². The van der Waals surface area contributed by atoms with Crippen LogP contribution in [0.15, 0.2) is 51.9 Å². The van der Waals surface area contributed by atoms with Gasteiger partial charge in [0, 0.05) is 24.7 Å². The number of benzene rings is 1. The third-order valence-corrected chi connectivity index (χ3v) is 5.36. The average molecular weight is 408 g/mol. The van der Waals surface area contributed by atoms with Crippen LogP contribution < -0.4 is 16.3 Å². The smallest absolute Gasteiger partial charge is 0.271 e. The van der Waals surface area contributed by atoms with Gasteiger partial charge < -0.3 is 9.67 Å². The minimum absolute atomic E-state index is 0.0282. The normalized spacial score (nSPS) is 13.0. The van der Waals surface area contributed by atoms with E-state index in [1.54, 1.807) is 19.9 Å². The lowest BCUT2D eigenvalue weighted by molar-refractivity contribution is 0.409. The topological polar surface area (TPSA) is 83.3 Å². The van der Waals surface area contributed by atoms with Crippen LogP contribution in [0.25, 0.3) is 12.2 Å². The minimum atomic E-state index is -0.487. The Labute approximate surface area is 179 Å². The summed E-state index contributed by atoms with van der Waals surface area (Å²) in [5.41, 5.74) is 2.82. The first kappa shape index (κ1) is 20.0. The van der Waals surface area contributed by atoms with Crippen LogP contribution in [0.2, 0.25) is 0 Å². The fraction of sp³-hybridized carbons (Fsp3) is 0.160. The molecule has 0 saturated carbocycles. The summed E-state index contributed by atoms with van der Waals surface area (Å²) in [6, 6.07) is 13.6. The summed E-state index contributed by atoms with van der Waals surface area (Å²) in [5.74, 6) is 6.17.